The van der Waals surface area contributed by atoms with Gasteiger partial charge < -0.3 is 23.7 Å². The Labute approximate surface area is 320 Å². The molecule has 1 heterocycles. The van der Waals surface area contributed by atoms with Crippen LogP contribution in [0.3, 0.4) is 0 Å². The van der Waals surface area contributed by atoms with E-state index in [2.05, 4.69) is 20.4 Å². The highest BCUT2D eigenvalue weighted by molar-refractivity contribution is 6.03. The normalized spacial score (nSPS) is 10.7. The SMILES string of the molecule is C=C(C)C(=O)OCCOC(=O)c1ccccc1C(=O)OCCn1c(=O)n(CCOC(=O)CCCCCCC)c(=O)n(CCOC(=O)CCCCCCC)c1=O. The fourth-order valence-corrected chi connectivity index (χ4v) is 5.26. The van der Waals surface area contributed by atoms with Crippen LogP contribution >= 0.6 is 0 Å². The van der Waals surface area contributed by atoms with Crippen LogP contribution in [-0.2, 0) is 57.7 Å². The molecule has 16 heteroatoms. The first-order chi connectivity index (χ1) is 26.4. The highest BCUT2D eigenvalue weighted by Crippen LogP contribution is 2.12. The number of benzene rings is 1. The molecule has 2 aromatic rings. The number of hydrogen-bond acceptors (Lipinski definition) is 13. The molecule has 1 aromatic heterocycles. The van der Waals surface area contributed by atoms with E-state index >= 15 is 0 Å². The smallest absolute Gasteiger partial charge is 0.339 e. The van der Waals surface area contributed by atoms with Crippen molar-refractivity contribution < 1.29 is 47.7 Å². The topological polar surface area (TPSA) is 198 Å². The summed E-state index contributed by atoms with van der Waals surface area (Å²) in [4.78, 5) is 102. The minimum absolute atomic E-state index is 0.141. The predicted octanol–water partition coefficient (Wildman–Crippen LogP) is 4.11. The van der Waals surface area contributed by atoms with Crippen molar-refractivity contribution in [2.24, 2.45) is 0 Å². The van der Waals surface area contributed by atoms with Crippen LogP contribution in [0.5, 0.6) is 0 Å². The molecular formula is C39H55N3O13. The van der Waals surface area contributed by atoms with Crippen molar-refractivity contribution in [1.29, 1.82) is 0 Å². The molecule has 1 aromatic carbocycles. The van der Waals surface area contributed by atoms with E-state index in [1.807, 2.05) is 0 Å². The third kappa shape index (κ3) is 16.3. The van der Waals surface area contributed by atoms with E-state index in [9.17, 15) is 38.4 Å². The van der Waals surface area contributed by atoms with Crippen LogP contribution in [0, 0.1) is 0 Å². The van der Waals surface area contributed by atoms with Gasteiger partial charge in [-0.1, -0.05) is 83.9 Å². The molecule has 0 spiro atoms. The number of unbranched alkanes of at least 4 members (excludes halogenated alkanes) is 8. The maximum absolute atomic E-state index is 13.4. The van der Waals surface area contributed by atoms with Crippen LogP contribution in [0.25, 0.3) is 0 Å². The Balaban J connectivity index is 2.17. The standard InChI is InChI=1S/C39H55N3O13/c1-5-7-9-11-13-19-32(43)51-24-21-40-37(48)41(22-25-52-33(44)20-14-12-10-8-6-2)39(50)42(38(40)49)23-26-53-35(46)30-17-15-16-18-31(30)36(47)55-28-27-54-34(45)29(3)4/h15-18H,3,5-14,19-28H2,1-2,4H3. The van der Waals surface area contributed by atoms with Gasteiger partial charge in [0.15, 0.2) is 0 Å². The predicted molar refractivity (Wildman–Crippen MR) is 201 cm³/mol. The summed E-state index contributed by atoms with van der Waals surface area (Å²) >= 11 is 0. The average molecular weight is 774 g/mol. The number of nitrogens with zero attached hydrogens (tertiary/aromatic N) is 3. The summed E-state index contributed by atoms with van der Waals surface area (Å²) in [6.07, 6.45) is 9.65. The van der Waals surface area contributed by atoms with Crippen LogP contribution in [0.15, 0.2) is 50.8 Å². The van der Waals surface area contributed by atoms with Crippen molar-refractivity contribution in [2.45, 2.75) is 117 Å². The van der Waals surface area contributed by atoms with Gasteiger partial charge in [-0.2, -0.15) is 0 Å². The third-order valence-electron chi connectivity index (χ3n) is 8.32. The zero-order chi connectivity index (χ0) is 40.6. The first kappa shape index (κ1) is 45.9. The molecule has 0 amide bonds. The van der Waals surface area contributed by atoms with Gasteiger partial charge in [-0.25, -0.2) is 42.5 Å². The molecule has 0 saturated carbocycles. The molecule has 0 aliphatic heterocycles. The summed E-state index contributed by atoms with van der Waals surface area (Å²) < 4.78 is 28.0. The molecule has 304 valence electrons. The highest BCUT2D eigenvalue weighted by Gasteiger charge is 2.21. The van der Waals surface area contributed by atoms with Crippen molar-refractivity contribution in [3.63, 3.8) is 0 Å². The molecule has 0 radical (unpaired) electrons. The number of hydrogen-bond donors (Lipinski definition) is 0. The van der Waals surface area contributed by atoms with E-state index < -0.39 is 60.1 Å². The van der Waals surface area contributed by atoms with Gasteiger partial charge in [0.2, 0.25) is 0 Å². The van der Waals surface area contributed by atoms with Gasteiger partial charge in [0.25, 0.3) is 0 Å². The Morgan fingerprint density at radius 3 is 1.29 bits per heavy atom. The first-order valence-corrected chi connectivity index (χ1v) is 18.9. The maximum atomic E-state index is 13.4. The van der Waals surface area contributed by atoms with Crippen molar-refractivity contribution >= 4 is 29.8 Å². The Morgan fingerprint density at radius 2 is 0.891 bits per heavy atom. The second kappa shape index (κ2) is 25.7. The van der Waals surface area contributed by atoms with Crippen molar-refractivity contribution in [3.05, 3.63) is 79.0 Å². The molecule has 0 unspecified atom stereocenters. The van der Waals surface area contributed by atoms with Crippen LogP contribution < -0.4 is 17.1 Å². The van der Waals surface area contributed by atoms with E-state index in [4.69, 9.17) is 23.7 Å². The van der Waals surface area contributed by atoms with E-state index in [0.29, 0.717) is 17.4 Å². The Morgan fingerprint density at radius 1 is 0.527 bits per heavy atom. The van der Waals surface area contributed by atoms with Gasteiger partial charge >= 0.3 is 46.9 Å². The molecule has 0 atom stereocenters. The largest absolute Gasteiger partial charge is 0.464 e. The van der Waals surface area contributed by atoms with Gasteiger partial charge in [0.1, 0.15) is 33.0 Å². The number of esters is 5. The maximum Gasteiger partial charge on any atom is 0.339 e. The third-order valence-corrected chi connectivity index (χ3v) is 8.32. The van der Waals surface area contributed by atoms with Crippen LogP contribution in [0.2, 0.25) is 0 Å². The summed E-state index contributed by atoms with van der Waals surface area (Å²) in [5, 5.41) is 0. The second-order valence-corrected chi connectivity index (χ2v) is 12.8. The first-order valence-electron chi connectivity index (χ1n) is 18.9. The number of carbonyl (C=O) groups excluding carboxylic acids is 5. The minimum atomic E-state index is -1.03. The van der Waals surface area contributed by atoms with E-state index in [1.54, 1.807) is 0 Å². The van der Waals surface area contributed by atoms with Gasteiger partial charge in [-0.05, 0) is 31.9 Å². The van der Waals surface area contributed by atoms with Gasteiger partial charge in [-0.15, -0.1) is 0 Å². The van der Waals surface area contributed by atoms with E-state index in [-0.39, 0.29) is 69.1 Å². The number of carbonyl (C=O) groups is 5. The Kier molecular flexibility index (Phi) is 21.4. The van der Waals surface area contributed by atoms with E-state index in [1.165, 1.54) is 31.2 Å². The lowest BCUT2D eigenvalue weighted by Gasteiger charge is -2.15. The lowest BCUT2D eigenvalue weighted by molar-refractivity contribution is -0.144. The van der Waals surface area contributed by atoms with Crippen LogP contribution in [0.1, 0.15) is 119 Å². The zero-order valence-electron chi connectivity index (χ0n) is 32.3. The van der Waals surface area contributed by atoms with Gasteiger partial charge in [-0.3, -0.25) is 9.59 Å². The molecule has 16 nitrogen and oxygen atoms in total. The number of aromatic nitrogens is 3. The fourth-order valence-electron chi connectivity index (χ4n) is 5.26. The Hall–Kier alpha value is -5.28. The molecule has 55 heavy (non-hydrogen) atoms. The average Bonchev–Trinajstić information content (AvgIpc) is 3.16. The summed E-state index contributed by atoms with van der Waals surface area (Å²) in [5.41, 5.74) is -3.18. The summed E-state index contributed by atoms with van der Waals surface area (Å²) in [6, 6.07) is 5.63. The molecule has 2 rings (SSSR count). The number of ether oxygens (including phenoxy) is 5. The Bertz CT molecular complexity index is 1700. The molecule has 0 bridgehead atoms. The van der Waals surface area contributed by atoms with Crippen molar-refractivity contribution in [3.8, 4) is 0 Å². The molecule has 0 aliphatic carbocycles. The fraction of sp³-hybridized carbons (Fsp3) is 0.590. The summed E-state index contributed by atoms with van der Waals surface area (Å²) in [5.74, 6) is -3.48. The van der Waals surface area contributed by atoms with Gasteiger partial charge in [0.05, 0.1) is 30.8 Å². The lowest BCUT2D eigenvalue weighted by atomic mass is 10.1. The number of rotatable bonds is 27. The monoisotopic (exact) mass is 773 g/mol. The summed E-state index contributed by atoms with van der Waals surface area (Å²) in [7, 11) is 0. The van der Waals surface area contributed by atoms with E-state index in [0.717, 1.165) is 60.5 Å². The van der Waals surface area contributed by atoms with Crippen molar-refractivity contribution in [1.82, 2.24) is 13.7 Å². The second-order valence-electron chi connectivity index (χ2n) is 12.8. The molecule has 0 saturated heterocycles. The zero-order valence-corrected chi connectivity index (χ0v) is 32.3. The molecule has 0 fully saturated rings. The van der Waals surface area contributed by atoms with Crippen molar-refractivity contribution in [2.75, 3.05) is 33.0 Å². The minimum Gasteiger partial charge on any atom is -0.464 e. The molecular weight excluding hydrogens is 718 g/mol. The summed E-state index contributed by atoms with van der Waals surface area (Å²) in [6.45, 7) is 6.21. The quantitative estimate of drug-likeness (QED) is 0.0545. The highest BCUT2D eigenvalue weighted by atomic mass is 16.6. The van der Waals surface area contributed by atoms with Crippen LogP contribution in [-0.4, -0.2) is 76.6 Å². The molecule has 0 aliphatic rings. The lowest BCUT2D eigenvalue weighted by Crippen LogP contribution is -2.55. The van der Waals surface area contributed by atoms with Gasteiger partial charge in [0, 0.05) is 18.4 Å². The van der Waals surface area contributed by atoms with Crippen LogP contribution in [0.4, 0.5) is 0 Å². The molecule has 0 N–H and O–H groups in total.